The van der Waals surface area contributed by atoms with E-state index in [0.717, 1.165) is 42.3 Å². The molecule has 1 saturated heterocycles. The second-order valence-electron chi connectivity index (χ2n) is 9.29. The van der Waals surface area contributed by atoms with Crippen LogP contribution in [0.4, 0.5) is 11.4 Å². The first-order valence-electron chi connectivity index (χ1n) is 12.5. The number of carbonyl (C=O) groups excluding carboxylic acids is 2. The second-order valence-corrected chi connectivity index (χ2v) is 9.29. The predicted molar refractivity (Wildman–Crippen MR) is 145 cm³/mol. The van der Waals surface area contributed by atoms with E-state index in [9.17, 15) is 9.59 Å². The summed E-state index contributed by atoms with van der Waals surface area (Å²) in [5.41, 5.74) is 3.65. The highest BCUT2D eigenvalue weighted by Gasteiger charge is 2.28. The largest absolute Gasteiger partial charge is 0.497 e. The Labute approximate surface area is 217 Å². The molecule has 3 aromatic rings. The molecule has 198 valence electrons. The fraction of sp³-hybridized carbons (Fsp3) is 0.429. The van der Waals surface area contributed by atoms with Crippen LogP contribution in [0.25, 0.3) is 10.9 Å². The molecule has 0 unspecified atom stereocenters. The van der Waals surface area contributed by atoms with Crippen LogP contribution in [0, 0.1) is 6.92 Å². The molecule has 0 saturated carbocycles. The van der Waals surface area contributed by atoms with Crippen molar-refractivity contribution >= 4 is 34.2 Å². The van der Waals surface area contributed by atoms with Gasteiger partial charge in [-0.05, 0) is 57.2 Å². The first-order chi connectivity index (χ1) is 17.8. The third kappa shape index (κ3) is 5.22. The normalized spacial score (nSPS) is 16.1. The first kappa shape index (κ1) is 26.3. The summed E-state index contributed by atoms with van der Waals surface area (Å²) in [6.45, 7) is 8.64. The number of fused-ring (bicyclic) bond motifs is 1. The van der Waals surface area contributed by atoms with E-state index in [0.29, 0.717) is 22.4 Å². The summed E-state index contributed by atoms with van der Waals surface area (Å²) in [7, 11) is 5.10. The van der Waals surface area contributed by atoms with Gasteiger partial charge in [-0.2, -0.15) is 0 Å². The van der Waals surface area contributed by atoms with E-state index < -0.39 is 5.97 Å². The van der Waals surface area contributed by atoms with Gasteiger partial charge in [0.25, 0.3) is 0 Å². The van der Waals surface area contributed by atoms with E-state index in [-0.39, 0.29) is 25.1 Å². The van der Waals surface area contributed by atoms with E-state index in [1.807, 2.05) is 42.8 Å². The van der Waals surface area contributed by atoms with Gasteiger partial charge < -0.3 is 29.0 Å². The number of piperazine rings is 1. The molecule has 1 atom stereocenters. The van der Waals surface area contributed by atoms with Crippen molar-refractivity contribution in [1.82, 2.24) is 9.47 Å². The number of carbonyl (C=O) groups is 2. The van der Waals surface area contributed by atoms with E-state index in [4.69, 9.17) is 14.2 Å². The third-order valence-electron chi connectivity index (χ3n) is 7.13. The van der Waals surface area contributed by atoms with Crippen molar-refractivity contribution in [3.05, 3.63) is 47.7 Å². The number of hydrogen-bond donors (Lipinski definition) is 1. The van der Waals surface area contributed by atoms with Gasteiger partial charge in [0.1, 0.15) is 11.5 Å². The fourth-order valence-corrected chi connectivity index (χ4v) is 5.00. The van der Waals surface area contributed by atoms with Gasteiger partial charge in [0.05, 0.1) is 44.1 Å². The second kappa shape index (κ2) is 11.1. The molecule has 37 heavy (non-hydrogen) atoms. The van der Waals surface area contributed by atoms with Crippen molar-refractivity contribution in [1.29, 1.82) is 0 Å². The lowest BCUT2D eigenvalue weighted by Gasteiger charge is -2.40. The van der Waals surface area contributed by atoms with Gasteiger partial charge in [-0.1, -0.05) is 0 Å². The highest BCUT2D eigenvalue weighted by Crippen LogP contribution is 2.38. The number of amides is 1. The highest BCUT2D eigenvalue weighted by atomic mass is 16.5. The minimum Gasteiger partial charge on any atom is -0.497 e. The molecule has 1 N–H and O–H groups in total. The summed E-state index contributed by atoms with van der Waals surface area (Å²) >= 11 is 0. The number of nitrogens with zero attached hydrogens (tertiary/aromatic N) is 3. The summed E-state index contributed by atoms with van der Waals surface area (Å²) in [6.07, 6.45) is 0. The number of aromatic nitrogens is 1. The Morgan fingerprint density at radius 3 is 2.41 bits per heavy atom. The summed E-state index contributed by atoms with van der Waals surface area (Å²) in [4.78, 5) is 30.7. The molecule has 0 aliphatic carbocycles. The van der Waals surface area contributed by atoms with Crippen LogP contribution in [0.15, 0.2) is 36.4 Å². The molecule has 4 rings (SSSR count). The van der Waals surface area contributed by atoms with Crippen molar-refractivity contribution in [2.24, 2.45) is 7.05 Å². The third-order valence-corrected chi connectivity index (χ3v) is 7.13. The minimum absolute atomic E-state index is 0.160. The van der Waals surface area contributed by atoms with Gasteiger partial charge in [0.2, 0.25) is 5.91 Å². The summed E-state index contributed by atoms with van der Waals surface area (Å²) in [6, 6.07) is 11.9. The van der Waals surface area contributed by atoms with Crippen molar-refractivity contribution < 1.29 is 23.8 Å². The standard InChI is InChI=1S/C28H36N4O5/c1-7-37-28(34)25-19(3)30(4)22-12-13-23(36-6)27(26(22)25)29-24(33)17-31-14-15-32(16-18(31)2)20-8-10-21(35-5)11-9-20/h8-13,18H,7,14-17H2,1-6H3,(H,29,33)/t18-/m1/s1. The number of hydrogen-bond acceptors (Lipinski definition) is 7. The Morgan fingerprint density at radius 1 is 1.05 bits per heavy atom. The lowest BCUT2D eigenvalue weighted by atomic mass is 10.1. The van der Waals surface area contributed by atoms with Crippen LogP contribution in [0.3, 0.4) is 0 Å². The Bertz CT molecular complexity index is 1280. The number of anilines is 2. The van der Waals surface area contributed by atoms with Gasteiger partial charge in [0, 0.05) is 49.5 Å². The summed E-state index contributed by atoms with van der Waals surface area (Å²) < 4.78 is 18.1. The lowest BCUT2D eigenvalue weighted by Crippen LogP contribution is -2.53. The summed E-state index contributed by atoms with van der Waals surface area (Å²) in [5.74, 6) is 0.746. The monoisotopic (exact) mass is 508 g/mol. The lowest BCUT2D eigenvalue weighted by molar-refractivity contribution is -0.117. The Hall–Kier alpha value is -3.72. The molecule has 2 heterocycles. The molecular formula is C28H36N4O5. The van der Waals surface area contributed by atoms with Gasteiger partial charge in [-0.15, -0.1) is 0 Å². The molecule has 1 aliphatic rings. The maximum Gasteiger partial charge on any atom is 0.340 e. The highest BCUT2D eigenvalue weighted by molar-refractivity contribution is 6.14. The van der Waals surface area contributed by atoms with Crippen LogP contribution >= 0.6 is 0 Å². The maximum absolute atomic E-state index is 13.3. The molecule has 1 aliphatic heterocycles. The molecule has 0 radical (unpaired) electrons. The minimum atomic E-state index is -0.419. The molecule has 9 heteroatoms. The molecule has 9 nitrogen and oxygen atoms in total. The average Bonchev–Trinajstić information content (AvgIpc) is 3.15. The molecule has 2 aromatic carbocycles. The molecule has 1 fully saturated rings. The van der Waals surface area contributed by atoms with Gasteiger partial charge in [-0.25, -0.2) is 4.79 Å². The van der Waals surface area contributed by atoms with Gasteiger partial charge in [0.15, 0.2) is 0 Å². The van der Waals surface area contributed by atoms with Crippen molar-refractivity contribution in [3.8, 4) is 11.5 Å². The SMILES string of the molecule is CCOC(=O)c1c(C)n(C)c2ccc(OC)c(NC(=O)CN3CCN(c4ccc(OC)cc4)C[C@H]3C)c12. The smallest absolute Gasteiger partial charge is 0.340 e. The van der Waals surface area contributed by atoms with E-state index in [1.165, 1.54) is 0 Å². The van der Waals surface area contributed by atoms with E-state index in [2.05, 4.69) is 34.2 Å². The zero-order chi connectivity index (χ0) is 26.7. The number of nitrogens with one attached hydrogen (secondary N) is 1. The van der Waals surface area contributed by atoms with Crippen LogP contribution in [0.5, 0.6) is 11.5 Å². The van der Waals surface area contributed by atoms with Gasteiger partial charge >= 0.3 is 5.97 Å². The molecule has 1 amide bonds. The van der Waals surface area contributed by atoms with E-state index in [1.54, 1.807) is 21.1 Å². The fourth-order valence-electron chi connectivity index (χ4n) is 5.00. The average molecular weight is 509 g/mol. The zero-order valence-corrected chi connectivity index (χ0v) is 22.5. The van der Waals surface area contributed by atoms with Crippen molar-refractivity contribution in [2.75, 3.05) is 57.2 Å². The number of ether oxygens (including phenoxy) is 3. The van der Waals surface area contributed by atoms with Crippen LogP contribution in [0.2, 0.25) is 0 Å². The number of benzene rings is 2. The number of esters is 1. The number of rotatable bonds is 8. The van der Waals surface area contributed by atoms with Crippen LogP contribution in [0.1, 0.15) is 29.9 Å². The summed E-state index contributed by atoms with van der Waals surface area (Å²) in [5, 5.41) is 3.68. The van der Waals surface area contributed by atoms with Crippen molar-refractivity contribution in [3.63, 3.8) is 0 Å². The van der Waals surface area contributed by atoms with Crippen LogP contribution < -0.4 is 19.7 Å². The van der Waals surface area contributed by atoms with Crippen molar-refractivity contribution in [2.45, 2.75) is 26.8 Å². The Kier molecular flexibility index (Phi) is 7.92. The zero-order valence-electron chi connectivity index (χ0n) is 22.5. The maximum atomic E-state index is 13.3. The Balaban J connectivity index is 1.53. The Morgan fingerprint density at radius 2 is 1.78 bits per heavy atom. The van der Waals surface area contributed by atoms with Crippen LogP contribution in [-0.2, 0) is 16.6 Å². The topological polar surface area (TPSA) is 85.3 Å². The number of aryl methyl sites for hydroxylation is 1. The predicted octanol–water partition coefficient (Wildman–Crippen LogP) is 3.83. The molecule has 0 spiro atoms. The molecule has 0 bridgehead atoms. The quantitative estimate of drug-likeness (QED) is 0.463. The number of methoxy groups -OCH3 is 2. The first-order valence-corrected chi connectivity index (χ1v) is 12.5. The van der Waals surface area contributed by atoms with Gasteiger partial charge in [-0.3, -0.25) is 9.69 Å². The molecule has 1 aromatic heterocycles. The van der Waals surface area contributed by atoms with E-state index >= 15 is 0 Å². The van der Waals surface area contributed by atoms with Crippen LogP contribution in [-0.4, -0.2) is 74.4 Å². The molecular weight excluding hydrogens is 472 g/mol.